The highest BCUT2D eigenvalue weighted by Gasteiger charge is 2.22. The lowest BCUT2D eigenvalue weighted by Gasteiger charge is -2.27. The second-order valence-electron chi connectivity index (χ2n) is 5.87. The summed E-state index contributed by atoms with van der Waals surface area (Å²) in [6.07, 6.45) is 6.95. The van der Waals surface area contributed by atoms with Crippen molar-refractivity contribution in [2.45, 2.75) is 65.1 Å². The molecule has 1 aromatic heterocycles. The molecule has 20 heavy (non-hydrogen) atoms. The maximum Gasteiger partial charge on any atom is 0.0765 e. The molecule has 1 aliphatic heterocycles. The van der Waals surface area contributed by atoms with E-state index in [-0.39, 0.29) is 0 Å². The molecular weight excluding hydrogens is 248 g/mol. The van der Waals surface area contributed by atoms with Crippen LogP contribution >= 0.6 is 0 Å². The van der Waals surface area contributed by atoms with Crippen molar-refractivity contribution in [3.63, 3.8) is 0 Å². The molecule has 0 amide bonds. The lowest BCUT2D eigenvalue weighted by Crippen LogP contribution is -2.37. The van der Waals surface area contributed by atoms with Gasteiger partial charge < -0.3 is 5.32 Å². The Morgan fingerprint density at radius 2 is 2.20 bits per heavy atom. The van der Waals surface area contributed by atoms with E-state index >= 15 is 0 Å². The highest BCUT2D eigenvalue weighted by atomic mass is 15.3. The molecule has 0 aromatic carbocycles. The van der Waals surface area contributed by atoms with Crippen LogP contribution in [0.2, 0.25) is 0 Å². The highest BCUT2D eigenvalue weighted by molar-refractivity contribution is 5.01. The molecule has 1 saturated heterocycles. The van der Waals surface area contributed by atoms with E-state index in [0.717, 1.165) is 32.5 Å². The van der Waals surface area contributed by atoms with Crippen LogP contribution in [-0.2, 0) is 6.54 Å². The number of rotatable bonds is 8. The van der Waals surface area contributed by atoms with Gasteiger partial charge in [-0.1, -0.05) is 20.8 Å². The maximum atomic E-state index is 4.80. The fraction of sp³-hybridized carbons (Fsp3) is 0.812. The van der Waals surface area contributed by atoms with Crippen LogP contribution in [0.15, 0.2) is 12.3 Å². The predicted octanol–water partition coefficient (Wildman–Crippen LogP) is 2.82. The molecular formula is C16H30N4. The average molecular weight is 278 g/mol. The Balaban J connectivity index is 1.99. The van der Waals surface area contributed by atoms with Crippen molar-refractivity contribution in [2.24, 2.45) is 0 Å². The van der Waals surface area contributed by atoms with Crippen molar-refractivity contribution in [2.75, 3.05) is 19.6 Å². The standard InChI is InChI=1S/C16H30N4/c1-4-10-19(16-7-9-17-12-16)13-14-8-11-20(18-14)15(5-2)6-3/h8,11,15-17H,4-7,9-10,12-13H2,1-3H3. The Hall–Kier alpha value is -0.870. The van der Waals surface area contributed by atoms with Crippen molar-refractivity contribution in [3.05, 3.63) is 18.0 Å². The molecule has 1 aliphatic rings. The largest absolute Gasteiger partial charge is 0.315 e. The van der Waals surface area contributed by atoms with E-state index in [4.69, 9.17) is 5.10 Å². The molecule has 2 heterocycles. The zero-order chi connectivity index (χ0) is 14.4. The Morgan fingerprint density at radius 1 is 1.40 bits per heavy atom. The summed E-state index contributed by atoms with van der Waals surface area (Å²) in [7, 11) is 0. The third-order valence-electron chi connectivity index (χ3n) is 4.41. The number of nitrogens with zero attached hydrogens (tertiary/aromatic N) is 3. The molecule has 0 radical (unpaired) electrons. The SMILES string of the molecule is CCCN(Cc1ccn(C(CC)CC)n1)C1CCNC1. The van der Waals surface area contributed by atoms with Gasteiger partial charge >= 0.3 is 0 Å². The summed E-state index contributed by atoms with van der Waals surface area (Å²) in [5.41, 5.74) is 1.22. The van der Waals surface area contributed by atoms with E-state index in [1.54, 1.807) is 0 Å². The van der Waals surface area contributed by atoms with E-state index in [0.29, 0.717) is 12.1 Å². The number of hydrogen-bond donors (Lipinski definition) is 1. The lowest BCUT2D eigenvalue weighted by atomic mass is 10.2. The van der Waals surface area contributed by atoms with Gasteiger partial charge in [0.05, 0.1) is 11.7 Å². The molecule has 0 spiro atoms. The van der Waals surface area contributed by atoms with Gasteiger partial charge in [0.2, 0.25) is 0 Å². The first kappa shape index (κ1) is 15.5. The Kier molecular flexibility index (Phi) is 6.05. The summed E-state index contributed by atoms with van der Waals surface area (Å²) in [6, 6.07) is 3.44. The maximum absolute atomic E-state index is 4.80. The molecule has 1 aromatic rings. The first-order chi connectivity index (χ1) is 9.78. The van der Waals surface area contributed by atoms with E-state index < -0.39 is 0 Å². The minimum absolute atomic E-state index is 0.552. The summed E-state index contributed by atoms with van der Waals surface area (Å²) in [5, 5.41) is 8.27. The van der Waals surface area contributed by atoms with Crippen molar-refractivity contribution in [1.82, 2.24) is 20.0 Å². The molecule has 2 rings (SSSR count). The highest BCUT2D eigenvalue weighted by Crippen LogP contribution is 2.17. The molecule has 4 heteroatoms. The Morgan fingerprint density at radius 3 is 2.80 bits per heavy atom. The van der Waals surface area contributed by atoms with Crippen LogP contribution < -0.4 is 5.32 Å². The van der Waals surface area contributed by atoms with E-state index in [1.165, 1.54) is 25.1 Å². The quantitative estimate of drug-likeness (QED) is 0.794. The van der Waals surface area contributed by atoms with Gasteiger partial charge in [0.25, 0.3) is 0 Å². The molecule has 1 unspecified atom stereocenters. The minimum Gasteiger partial charge on any atom is -0.315 e. The third kappa shape index (κ3) is 3.83. The zero-order valence-electron chi connectivity index (χ0n) is 13.3. The Labute approximate surface area is 123 Å². The van der Waals surface area contributed by atoms with Gasteiger partial charge in [0.1, 0.15) is 0 Å². The minimum atomic E-state index is 0.552. The normalized spacial score (nSPS) is 19.4. The van der Waals surface area contributed by atoms with Crippen LogP contribution in [-0.4, -0.2) is 40.4 Å². The fourth-order valence-corrected chi connectivity index (χ4v) is 3.16. The molecule has 0 saturated carbocycles. The molecule has 1 atom stereocenters. The topological polar surface area (TPSA) is 33.1 Å². The lowest BCUT2D eigenvalue weighted by molar-refractivity contribution is 0.196. The number of nitrogens with one attached hydrogen (secondary N) is 1. The molecule has 1 fully saturated rings. The number of aromatic nitrogens is 2. The van der Waals surface area contributed by atoms with Gasteiger partial charge in [-0.25, -0.2) is 0 Å². The Bertz CT molecular complexity index is 378. The van der Waals surface area contributed by atoms with E-state index in [1.807, 2.05) is 0 Å². The van der Waals surface area contributed by atoms with Crippen LogP contribution in [0.25, 0.3) is 0 Å². The summed E-state index contributed by atoms with van der Waals surface area (Å²) >= 11 is 0. The van der Waals surface area contributed by atoms with E-state index in [9.17, 15) is 0 Å². The predicted molar refractivity (Wildman–Crippen MR) is 83.8 cm³/mol. The van der Waals surface area contributed by atoms with Crippen LogP contribution in [0.5, 0.6) is 0 Å². The first-order valence-corrected chi connectivity index (χ1v) is 8.27. The third-order valence-corrected chi connectivity index (χ3v) is 4.41. The van der Waals surface area contributed by atoms with Gasteiger partial charge in [-0.05, 0) is 44.8 Å². The summed E-state index contributed by atoms with van der Waals surface area (Å²) < 4.78 is 2.16. The van der Waals surface area contributed by atoms with Crippen LogP contribution in [0.3, 0.4) is 0 Å². The molecule has 0 bridgehead atoms. The molecule has 4 nitrogen and oxygen atoms in total. The van der Waals surface area contributed by atoms with Gasteiger partial charge in [-0.3, -0.25) is 9.58 Å². The zero-order valence-corrected chi connectivity index (χ0v) is 13.3. The van der Waals surface area contributed by atoms with Crippen molar-refractivity contribution in [1.29, 1.82) is 0 Å². The summed E-state index contributed by atoms with van der Waals surface area (Å²) in [4.78, 5) is 2.60. The summed E-state index contributed by atoms with van der Waals surface area (Å²) in [6.45, 7) is 11.2. The monoisotopic (exact) mass is 278 g/mol. The summed E-state index contributed by atoms with van der Waals surface area (Å²) in [5.74, 6) is 0. The van der Waals surface area contributed by atoms with Crippen LogP contribution in [0.4, 0.5) is 0 Å². The second-order valence-corrected chi connectivity index (χ2v) is 5.87. The molecule has 0 aliphatic carbocycles. The van der Waals surface area contributed by atoms with Gasteiger partial charge in [-0.2, -0.15) is 5.10 Å². The van der Waals surface area contributed by atoms with E-state index in [2.05, 4.69) is 47.9 Å². The number of hydrogen-bond acceptors (Lipinski definition) is 3. The smallest absolute Gasteiger partial charge is 0.0765 e. The second kappa shape index (κ2) is 7.79. The van der Waals surface area contributed by atoms with Crippen molar-refractivity contribution >= 4 is 0 Å². The first-order valence-electron chi connectivity index (χ1n) is 8.27. The van der Waals surface area contributed by atoms with Crippen LogP contribution in [0.1, 0.15) is 58.2 Å². The molecule has 114 valence electrons. The van der Waals surface area contributed by atoms with Gasteiger partial charge in [0, 0.05) is 25.3 Å². The van der Waals surface area contributed by atoms with Crippen molar-refractivity contribution < 1.29 is 0 Å². The fourth-order valence-electron chi connectivity index (χ4n) is 3.16. The molecule has 1 N–H and O–H groups in total. The van der Waals surface area contributed by atoms with Gasteiger partial charge in [0.15, 0.2) is 0 Å². The van der Waals surface area contributed by atoms with Crippen molar-refractivity contribution in [3.8, 4) is 0 Å². The average Bonchev–Trinajstić information content (AvgIpc) is 3.11. The van der Waals surface area contributed by atoms with Gasteiger partial charge in [-0.15, -0.1) is 0 Å². The van der Waals surface area contributed by atoms with Crippen LogP contribution in [0, 0.1) is 0 Å².